The van der Waals surface area contributed by atoms with Crippen LogP contribution in [0.4, 0.5) is 0 Å². The van der Waals surface area contributed by atoms with Gasteiger partial charge in [0.25, 0.3) is 0 Å². The summed E-state index contributed by atoms with van der Waals surface area (Å²) < 4.78 is 5.34. The highest BCUT2D eigenvalue weighted by molar-refractivity contribution is 5.62. The molecule has 0 saturated carbocycles. The first-order valence-corrected chi connectivity index (χ1v) is 4.49. The van der Waals surface area contributed by atoms with E-state index in [-0.39, 0.29) is 0 Å². The van der Waals surface area contributed by atoms with Crippen LogP contribution < -0.4 is 0 Å². The van der Waals surface area contributed by atoms with Crippen LogP contribution in [0.1, 0.15) is 33.0 Å². The van der Waals surface area contributed by atoms with Gasteiger partial charge in [0.1, 0.15) is 5.76 Å². The molecule has 1 heteroatoms. The maximum atomic E-state index is 5.34. The van der Waals surface area contributed by atoms with E-state index in [0.717, 1.165) is 12.2 Å². The van der Waals surface area contributed by atoms with Crippen LogP contribution in [0.2, 0.25) is 0 Å². The Hall–Kier alpha value is -0.980. The van der Waals surface area contributed by atoms with Gasteiger partial charge in [-0.3, -0.25) is 0 Å². The predicted octanol–water partition coefficient (Wildman–Crippen LogP) is 3.73. The fraction of sp³-hybridized carbons (Fsp3) is 0.455. The Morgan fingerprint density at radius 3 is 2.83 bits per heavy atom. The molecule has 1 atom stereocenters. The molecule has 0 aliphatic rings. The third-order valence-corrected chi connectivity index (χ3v) is 2.26. The summed E-state index contributed by atoms with van der Waals surface area (Å²) >= 11 is 0. The Morgan fingerprint density at radius 2 is 2.42 bits per heavy atom. The Morgan fingerprint density at radius 1 is 1.67 bits per heavy atom. The van der Waals surface area contributed by atoms with Crippen molar-refractivity contribution in [1.82, 2.24) is 0 Å². The molecule has 0 fully saturated rings. The lowest BCUT2D eigenvalue weighted by molar-refractivity contribution is 0.539. The molecule has 1 rings (SSSR count). The van der Waals surface area contributed by atoms with Crippen LogP contribution in [0, 0.1) is 5.92 Å². The van der Waals surface area contributed by atoms with Crippen molar-refractivity contribution in [2.24, 2.45) is 5.92 Å². The van der Waals surface area contributed by atoms with Gasteiger partial charge in [0.05, 0.1) is 6.26 Å². The van der Waals surface area contributed by atoms with E-state index in [1.165, 1.54) is 5.57 Å². The van der Waals surface area contributed by atoms with E-state index >= 15 is 0 Å². The molecule has 0 amide bonds. The molecule has 0 aliphatic heterocycles. The van der Waals surface area contributed by atoms with Crippen molar-refractivity contribution in [3.63, 3.8) is 0 Å². The Labute approximate surface area is 74.1 Å². The summed E-state index contributed by atoms with van der Waals surface area (Å²) in [5.41, 5.74) is 1.31. The number of hydrogen-bond donors (Lipinski definition) is 0. The van der Waals surface area contributed by atoms with Gasteiger partial charge in [-0.25, -0.2) is 0 Å². The van der Waals surface area contributed by atoms with Crippen LogP contribution in [0.15, 0.2) is 28.9 Å². The summed E-state index contributed by atoms with van der Waals surface area (Å²) in [5, 5.41) is 0. The summed E-state index contributed by atoms with van der Waals surface area (Å²) in [5.74, 6) is 1.59. The lowest BCUT2D eigenvalue weighted by Crippen LogP contribution is -1.95. The summed E-state index contributed by atoms with van der Waals surface area (Å²) in [6.45, 7) is 6.47. The van der Waals surface area contributed by atoms with E-state index in [1.807, 2.05) is 12.1 Å². The molecule has 0 radical (unpaired) electrons. The van der Waals surface area contributed by atoms with Crippen LogP contribution in [-0.2, 0) is 0 Å². The van der Waals surface area contributed by atoms with Crippen molar-refractivity contribution in [2.75, 3.05) is 0 Å². The second-order valence-corrected chi connectivity index (χ2v) is 3.03. The highest BCUT2D eigenvalue weighted by Gasteiger charge is 2.09. The van der Waals surface area contributed by atoms with Crippen LogP contribution in [0.25, 0.3) is 5.57 Å². The molecule has 66 valence electrons. The van der Waals surface area contributed by atoms with Crippen molar-refractivity contribution < 1.29 is 4.42 Å². The van der Waals surface area contributed by atoms with E-state index in [0.29, 0.717) is 5.92 Å². The second kappa shape index (κ2) is 4.15. The van der Waals surface area contributed by atoms with Crippen LogP contribution >= 0.6 is 0 Å². The Kier molecular flexibility index (Phi) is 3.15. The average molecular weight is 164 g/mol. The SMILES string of the molecule is CC=C(c1ccco1)C(C)CC. The highest BCUT2D eigenvalue weighted by Crippen LogP contribution is 2.25. The van der Waals surface area contributed by atoms with Crippen LogP contribution in [-0.4, -0.2) is 0 Å². The van der Waals surface area contributed by atoms with Gasteiger partial charge >= 0.3 is 0 Å². The van der Waals surface area contributed by atoms with E-state index in [9.17, 15) is 0 Å². The van der Waals surface area contributed by atoms with Gasteiger partial charge in [0.2, 0.25) is 0 Å². The van der Waals surface area contributed by atoms with Gasteiger partial charge in [0, 0.05) is 0 Å². The van der Waals surface area contributed by atoms with E-state index in [2.05, 4.69) is 26.8 Å². The number of hydrogen-bond acceptors (Lipinski definition) is 1. The summed E-state index contributed by atoms with van der Waals surface area (Å²) in [7, 11) is 0. The molecular weight excluding hydrogens is 148 g/mol. The molecule has 0 bridgehead atoms. The van der Waals surface area contributed by atoms with Gasteiger partial charge in [-0.2, -0.15) is 0 Å². The first kappa shape index (κ1) is 9.11. The highest BCUT2D eigenvalue weighted by atomic mass is 16.3. The van der Waals surface area contributed by atoms with Crippen molar-refractivity contribution in [1.29, 1.82) is 0 Å². The molecule has 0 aliphatic carbocycles. The molecule has 1 aromatic heterocycles. The van der Waals surface area contributed by atoms with Crippen molar-refractivity contribution in [3.05, 3.63) is 30.2 Å². The molecule has 1 heterocycles. The molecule has 0 N–H and O–H groups in total. The fourth-order valence-corrected chi connectivity index (χ4v) is 1.33. The van der Waals surface area contributed by atoms with Crippen molar-refractivity contribution in [2.45, 2.75) is 27.2 Å². The monoisotopic (exact) mass is 164 g/mol. The maximum Gasteiger partial charge on any atom is 0.129 e. The lowest BCUT2D eigenvalue weighted by atomic mass is 9.96. The van der Waals surface area contributed by atoms with Gasteiger partial charge in [-0.1, -0.05) is 19.9 Å². The summed E-state index contributed by atoms with van der Waals surface area (Å²) in [6, 6.07) is 3.95. The molecule has 1 aromatic rings. The lowest BCUT2D eigenvalue weighted by Gasteiger charge is -2.10. The summed E-state index contributed by atoms with van der Waals surface area (Å²) in [6.07, 6.45) is 5.01. The molecule has 0 spiro atoms. The van der Waals surface area contributed by atoms with Crippen molar-refractivity contribution >= 4 is 5.57 Å². The fourth-order valence-electron chi connectivity index (χ4n) is 1.33. The minimum absolute atomic E-state index is 0.584. The third-order valence-electron chi connectivity index (χ3n) is 2.26. The molecule has 1 unspecified atom stereocenters. The molecular formula is C11H16O. The Balaban J connectivity index is 2.85. The largest absolute Gasteiger partial charge is 0.465 e. The second-order valence-electron chi connectivity index (χ2n) is 3.03. The smallest absolute Gasteiger partial charge is 0.129 e. The quantitative estimate of drug-likeness (QED) is 0.663. The number of allylic oxidation sites excluding steroid dienone is 2. The zero-order valence-corrected chi connectivity index (χ0v) is 8.00. The van der Waals surface area contributed by atoms with Gasteiger partial charge in [0.15, 0.2) is 0 Å². The van der Waals surface area contributed by atoms with Gasteiger partial charge < -0.3 is 4.42 Å². The van der Waals surface area contributed by atoms with E-state index < -0.39 is 0 Å². The molecule has 12 heavy (non-hydrogen) atoms. The van der Waals surface area contributed by atoms with Gasteiger partial charge in [-0.05, 0) is 37.0 Å². The topological polar surface area (TPSA) is 13.1 Å². The number of rotatable bonds is 3. The number of furan rings is 1. The molecule has 0 aromatic carbocycles. The van der Waals surface area contributed by atoms with E-state index in [4.69, 9.17) is 4.42 Å². The zero-order chi connectivity index (χ0) is 8.97. The average Bonchev–Trinajstić information content (AvgIpc) is 2.58. The maximum absolute atomic E-state index is 5.34. The normalized spacial score (nSPS) is 14.8. The standard InChI is InChI=1S/C11H16O/c1-4-9(3)10(5-2)11-7-6-8-12-11/h5-9H,4H2,1-3H3. The van der Waals surface area contributed by atoms with Gasteiger partial charge in [-0.15, -0.1) is 0 Å². The van der Waals surface area contributed by atoms with Crippen LogP contribution in [0.3, 0.4) is 0 Å². The Bertz CT molecular complexity index is 244. The minimum atomic E-state index is 0.584. The first-order chi connectivity index (χ1) is 5.79. The predicted molar refractivity (Wildman–Crippen MR) is 51.8 cm³/mol. The van der Waals surface area contributed by atoms with Crippen LogP contribution in [0.5, 0.6) is 0 Å². The molecule has 1 nitrogen and oxygen atoms in total. The van der Waals surface area contributed by atoms with Crippen molar-refractivity contribution in [3.8, 4) is 0 Å². The summed E-state index contributed by atoms with van der Waals surface area (Å²) in [4.78, 5) is 0. The molecule has 0 saturated heterocycles. The minimum Gasteiger partial charge on any atom is -0.465 e. The third kappa shape index (κ3) is 1.79. The van der Waals surface area contributed by atoms with E-state index in [1.54, 1.807) is 6.26 Å². The first-order valence-electron chi connectivity index (χ1n) is 4.49. The zero-order valence-electron chi connectivity index (χ0n) is 8.00.